The van der Waals surface area contributed by atoms with Gasteiger partial charge in [-0.2, -0.15) is 13.2 Å². The third-order valence-electron chi connectivity index (χ3n) is 4.76. The van der Waals surface area contributed by atoms with Crippen molar-refractivity contribution in [3.05, 3.63) is 64.8 Å². The molecule has 0 saturated heterocycles. The zero-order valence-electron chi connectivity index (χ0n) is 16.0. The molecule has 5 nitrogen and oxygen atoms in total. The first-order valence-corrected chi connectivity index (χ1v) is 8.64. The number of alkyl halides is 3. The van der Waals surface area contributed by atoms with Gasteiger partial charge < -0.3 is 9.47 Å². The van der Waals surface area contributed by atoms with E-state index in [1.807, 2.05) is 0 Å². The van der Waals surface area contributed by atoms with Crippen LogP contribution >= 0.6 is 0 Å². The number of fused-ring (bicyclic) bond motifs is 1. The number of aromatic nitrogens is 1. The summed E-state index contributed by atoms with van der Waals surface area (Å²) in [5, 5.41) is 0.532. The summed E-state index contributed by atoms with van der Waals surface area (Å²) in [6.07, 6.45) is -4.81. The quantitative estimate of drug-likeness (QED) is 0.605. The lowest BCUT2D eigenvalue weighted by atomic mass is 10.1. The van der Waals surface area contributed by atoms with Crippen molar-refractivity contribution in [2.75, 3.05) is 14.2 Å². The Bertz CT molecular complexity index is 1100. The molecule has 0 saturated carbocycles. The first-order chi connectivity index (χ1) is 13.7. The van der Waals surface area contributed by atoms with Gasteiger partial charge >= 0.3 is 12.1 Å². The van der Waals surface area contributed by atoms with E-state index < -0.39 is 29.2 Å². The zero-order valence-corrected chi connectivity index (χ0v) is 16.0. The molecule has 0 atom stereocenters. The molecule has 1 heterocycles. The highest BCUT2D eigenvalue weighted by Gasteiger charge is 2.36. The zero-order chi connectivity index (χ0) is 21.3. The highest BCUT2D eigenvalue weighted by Crippen LogP contribution is 2.35. The van der Waals surface area contributed by atoms with Crippen LogP contribution in [0.25, 0.3) is 10.9 Å². The predicted molar refractivity (Wildman–Crippen MR) is 100 cm³/mol. The summed E-state index contributed by atoms with van der Waals surface area (Å²) in [5.41, 5.74) is -0.261. The summed E-state index contributed by atoms with van der Waals surface area (Å²) < 4.78 is 51.4. The Hall–Kier alpha value is -3.29. The molecule has 0 aliphatic carbocycles. The number of nitrogens with zero attached hydrogens (tertiary/aromatic N) is 1. The van der Waals surface area contributed by atoms with Gasteiger partial charge in [-0.25, -0.2) is 0 Å². The summed E-state index contributed by atoms with van der Waals surface area (Å²) in [4.78, 5) is 25.1. The van der Waals surface area contributed by atoms with E-state index in [0.717, 1.165) is 12.1 Å². The van der Waals surface area contributed by atoms with Crippen LogP contribution in [-0.2, 0) is 22.1 Å². The molecule has 29 heavy (non-hydrogen) atoms. The molecule has 0 aliphatic rings. The van der Waals surface area contributed by atoms with Crippen LogP contribution in [0.1, 0.15) is 27.2 Å². The van der Waals surface area contributed by atoms with E-state index in [0.29, 0.717) is 27.9 Å². The van der Waals surface area contributed by atoms with E-state index in [9.17, 15) is 22.8 Å². The van der Waals surface area contributed by atoms with Crippen molar-refractivity contribution in [1.82, 2.24) is 4.57 Å². The predicted octanol–water partition coefficient (Wildman–Crippen LogP) is 4.38. The minimum absolute atomic E-state index is 0.132. The monoisotopic (exact) mass is 405 g/mol. The van der Waals surface area contributed by atoms with Crippen LogP contribution in [0, 0.1) is 6.92 Å². The van der Waals surface area contributed by atoms with E-state index in [1.54, 1.807) is 25.1 Å². The number of hydrogen-bond donors (Lipinski definition) is 0. The molecule has 0 aliphatic heterocycles. The molecular weight excluding hydrogens is 387 g/mol. The normalized spacial score (nSPS) is 11.5. The van der Waals surface area contributed by atoms with E-state index in [1.165, 1.54) is 30.9 Å². The Kier molecular flexibility index (Phi) is 5.37. The molecule has 3 rings (SSSR count). The first-order valence-electron chi connectivity index (χ1n) is 8.64. The number of halogens is 3. The molecule has 3 aromatic rings. The van der Waals surface area contributed by atoms with Gasteiger partial charge in [0.05, 0.1) is 37.3 Å². The minimum Gasteiger partial charge on any atom is -0.497 e. The number of esters is 1. The van der Waals surface area contributed by atoms with Gasteiger partial charge in [-0.15, -0.1) is 0 Å². The van der Waals surface area contributed by atoms with Crippen molar-refractivity contribution in [2.24, 2.45) is 0 Å². The van der Waals surface area contributed by atoms with Crippen molar-refractivity contribution in [3.8, 4) is 5.75 Å². The van der Waals surface area contributed by atoms with E-state index in [-0.39, 0.29) is 6.42 Å². The van der Waals surface area contributed by atoms with E-state index in [2.05, 4.69) is 0 Å². The Labute approximate surface area is 164 Å². The van der Waals surface area contributed by atoms with Gasteiger partial charge in [0, 0.05) is 11.1 Å². The summed E-state index contributed by atoms with van der Waals surface area (Å²) in [6, 6.07) is 9.43. The van der Waals surface area contributed by atoms with Gasteiger partial charge in [-0.05, 0) is 42.8 Å². The lowest BCUT2D eigenvalue weighted by Gasteiger charge is -2.14. The summed E-state index contributed by atoms with van der Waals surface area (Å²) in [5.74, 6) is -0.872. The second-order valence-electron chi connectivity index (χ2n) is 6.38. The van der Waals surface area contributed by atoms with Crippen molar-refractivity contribution < 1.29 is 32.2 Å². The SMILES string of the molecule is COC(=O)Cc1c(C)n(C(=O)c2ccccc2C(F)(F)F)c2ccc(OC)cc12. The van der Waals surface area contributed by atoms with E-state index >= 15 is 0 Å². The Morgan fingerprint density at radius 2 is 1.76 bits per heavy atom. The number of hydrogen-bond acceptors (Lipinski definition) is 4. The van der Waals surface area contributed by atoms with Crippen molar-refractivity contribution >= 4 is 22.8 Å². The molecule has 0 bridgehead atoms. The lowest BCUT2D eigenvalue weighted by Crippen LogP contribution is -2.19. The maximum atomic E-state index is 13.4. The molecule has 1 aromatic heterocycles. The van der Waals surface area contributed by atoms with Gasteiger partial charge in [0.15, 0.2) is 0 Å². The van der Waals surface area contributed by atoms with Crippen molar-refractivity contribution in [1.29, 1.82) is 0 Å². The van der Waals surface area contributed by atoms with Crippen LogP contribution < -0.4 is 4.74 Å². The Balaban J connectivity index is 2.27. The van der Waals surface area contributed by atoms with Crippen molar-refractivity contribution in [3.63, 3.8) is 0 Å². The molecule has 0 spiro atoms. The first kappa shape index (κ1) is 20.4. The smallest absolute Gasteiger partial charge is 0.417 e. The molecule has 0 amide bonds. The molecule has 0 unspecified atom stereocenters. The lowest BCUT2D eigenvalue weighted by molar-refractivity contribution is -0.140. The van der Waals surface area contributed by atoms with Gasteiger partial charge in [-0.3, -0.25) is 14.2 Å². The van der Waals surface area contributed by atoms with Gasteiger partial charge in [-0.1, -0.05) is 12.1 Å². The van der Waals surface area contributed by atoms with Crippen LogP contribution in [0.15, 0.2) is 42.5 Å². The van der Waals surface area contributed by atoms with Crippen LogP contribution in [0.2, 0.25) is 0 Å². The van der Waals surface area contributed by atoms with E-state index in [4.69, 9.17) is 9.47 Å². The third kappa shape index (κ3) is 3.70. The van der Waals surface area contributed by atoms with Crippen LogP contribution in [0.5, 0.6) is 5.75 Å². The number of carbonyl (C=O) groups is 2. The van der Waals surface area contributed by atoms with Gasteiger partial charge in [0.1, 0.15) is 5.75 Å². The number of benzene rings is 2. The summed E-state index contributed by atoms with van der Waals surface area (Å²) >= 11 is 0. The number of carbonyl (C=O) groups excluding carboxylic acids is 2. The molecule has 0 N–H and O–H groups in total. The van der Waals surface area contributed by atoms with Crippen LogP contribution in [0.3, 0.4) is 0 Å². The van der Waals surface area contributed by atoms with Gasteiger partial charge in [0.25, 0.3) is 5.91 Å². The molecule has 2 aromatic carbocycles. The Morgan fingerprint density at radius 1 is 1.07 bits per heavy atom. The van der Waals surface area contributed by atoms with Crippen LogP contribution in [-0.4, -0.2) is 30.7 Å². The summed E-state index contributed by atoms with van der Waals surface area (Å²) in [7, 11) is 2.71. The molecule has 152 valence electrons. The fourth-order valence-electron chi connectivity index (χ4n) is 3.33. The second kappa shape index (κ2) is 7.62. The average molecular weight is 405 g/mol. The highest BCUT2D eigenvalue weighted by atomic mass is 19.4. The number of ether oxygens (including phenoxy) is 2. The Morgan fingerprint density at radius 3 is 2.38 bits per heavy atom. The molecular formula is C21H18F3NO4. The maximum absolute atomic E-state index is 13.4. The fraction of sp³-hybridized carbons (Fsp3) is 0.238. The van der Waals surface area contributed by atoms with Crippen LogP contribution in [0.4, 0.5) is 13.2 Å². The molecule has 0 fully saturated rings. The standard InChI is InChI=1S/C21H18F3NO4/c1-12-15(11-19(26)29-3)16-10-13(28-2)8-9-18(16)25(12)20(27)14-6-4-5-7-17(14)21(22,23)24/h4-10H,11H2,1-3H3. The minimum atomic E-state index is -4.68. The van der Waals surface area contributed by atoms with Gasteiger partial charge in [0.2, 0.25) is 0 Å². The topological polar surface area (TPSA) is 57.5 Å². The number of rotatable bonds is 4. The van der Waals surface area contributed by atoms with Crippen molar-refractivity contribution in [2.45, 2.75) is 19.5 Å². The third-order valence-corrected chi connectivity index (χ3v) is 4.76. The number of methoxy groups -OCH3 is 2. The maximum Gasteiger partial charge on any atom is 0.417 e. The fourth-order valence-corrected chi connectivity index (χ4v) is 3.33. The summed E-state index contributed by atoms with van der Waals surface area (Å²) in [6.45, 7) is 1.58. The largest absolute Gasteiger partial charge is 0.497 e. The molecule has 0 radical (unpaired) electrons. The second-order valence-corrected chi connectivity index (χ2v) is 6.38. The highest BCUT2D eigenvalue weighted by molar-refractivity contribution is 6.05. The average Bonchev–Trinajstić information content (AvgIpc) is 2.97. The molecule has 8 heteroatoms.